The number of fused-ring (bicyclic) bond motifs is 1. The van der Waals surface area contributed by atoms with E-state index in [0.29, 0.717) is 5.56 Å². The highest BCUT2D eigenvalue weighted by molar-refractivity contribution is 14.1. The number of nitrogens with zero attached hydrogens (tertiary/aromatic N) is 4. The Kier molecular flexibility index (Phi) is 6.06. The van der Waals surface area contributed by atoms with E-state index in [4.69, 9.17) is 12.2 Å². The van der Waals surface area contributed by atoms with Crippen LogP contribution in [0.1, 0.15) is 28.7 Å². The predicted octanol–water partition coefficient (Wildman–Crippen LogP) is 4.46. The molecule has 0 fully saturated rings. The molecule has 0 saturated carbocycles. The van der Waals surface area contributed by atoms with Gasteiger partial charge in [-0.05, 0) is 89.8 Å². The molecular formula is C20H17IN6OS2. The Bertz CT molecular complexity index is 1250. The van der Waals surface area contributed by atoms with Gasteiger partial charge in [0.15, 0.2) is 10.9 Å². The molecule has 0 bridgehead atoms. The summed E-state index contributed by atoms with van der Waals surface area (Å²) in [5.41, 5.74) is 3.36. The van der Waals surface area contributed by atoms with E-state index in [1.807, 2.05) is 44.2 Å². The van der Waals surface area contributed by atoms with Gasteiger partial charge in [0.1, 0.15) is 5.01 Å². The molecule has 0 spiro atoms. The SMILES string of the molecule is CCc1nnc2sc(-c3ccc(NC(=S)NC(=O)c4ccc(I)cc4)c(C)c3)nn12. The van der Waals surface area contributed by atoms with Gasteiger partial charge in [-0.15, -0.1) is 10.2 Å². The Morgan fingerprint density at radius 1 is 1.20 bits per heavy atom. The van der Waals surface area contributed by atoms with Gasteiger partial charge < -0.3 is 5.32 Å². The number of thiocarbonyl (C=S) groups is 1. The molecule has 0 atom stereocenters. The predicted molar refractivity (Wildman–Crippen MR) is 131 cm³/mol. The Morgan fingerprint density at radius 2 is 1.97 bits per heavy atom. The zero-order valence-corrected chi connectivity index (χ0v) is 19.9. The topological polar surface area (TPSA) is 84.2 Å². The van der Waals surface area contributed by atoms with Crippen LogP contribution in [0.3, 0.4) is 0 Å². The number of halogens is 1. The van der Waals surface area contributed by atoms with Crippen LogP contribution in [0.2, 0.25) is 0 Å². The molecule has 2 N–H and O–H groups in total. The number of benzene rings is 2. The highest BCUT2D eigenvalue weighted by atomic mass is 127. The number of hydrogen-bond donors (Lipinski definition) is 2. The summed E-state index contributed by atoms with van der Waals surface area (Å²) in [6, 6.07) is 13.2. The lowest BCUT2D eigenvalue weighted by Crippen LogP contribution is -2.34. The van der Waals surface area contributed by atoms with Gasteiger partial charge in [0.25, 0.3) is 5.91 Å². The smallest absolute Gasteiger partial charge is 0.257 e. The molecule has 0 aliphatic carbocycles. The number of carbonyl (C=O) groups excluding carboxylic acids is 1. The van der Waals surface area contributed by atoms with Crippen LogP contribution in [-0.4, -0.2) is 30.8 Å². The fraction of sp³-hybridized carbons (Fsp3) is 0.150. The van der Waals surface area contributed by atoms with Gasteiger partial charge in [0, 0.05) is 26.8 Å². The number of aromatic nitrogens is 4. The van der Waals surface area contributed by atoms with Crippen molar-refractivity contribution in [2.24, 2.45) is 0 Å². The molecule has 0 aliphatic heterocycles. The largest absolute Gasteiger partial charge is 0.332 e. The molecule has 7 nitrogen and oxygen atoms in total. The fourth-order valence-corrected chi connectivity index (χ4v) is 4.28. The highest BCUT2D eigenvalue weighted by Crippen LogP contribution is 2.28. The lowest BCUT2D eigenvalue weighted by Gasteiger charge is -2.12. The van der Waals surface area contributed by atoms with Crippen LogP contribution in [-0.2, 0) is 6.42 Å². The van der Waals surface area contributed by atoms with Crippen LogP contribution in [0.4, 0.5) is 5.69 Å². The van der Waals surface area contributed by atoms with Crippen LogP contribution in [0.5, 0.6) is 0 Å². The van der Waals surface area contributed by atoms with E-state index >= 15 is 0 Å². The fourth-order valence-electron chi connectivity index (χ4n) is 2.86. The lowest BCUT2D eigenvalue weighted by atomic mass is 10.1. The first kappa shape index (κ1) is 20.8. The molecule has 152 valence electrons. The van der Waals surface area contributed by atoms with Crippen molar-refractivity contribution in [2.45, 2.75) is 20.3 Å². The van der Waals surface area contributed by atoms with Crippen molar-refractivity contribution in [2.75, 3.05) is 5.32 Å². The minimum Gasteiger partial charge on any atom is -0.332 e. The van der Waals surface area contributed by atoms with Crippen molar-refractivity contribution in [3.8, 4) is 10.6 Å². The maximum absolute atomic E-state index is 12.3. The van der Waals surface area contributed by atoms with Gasteiger partial charge in [0.2, 0.25) is 4.96 Å². The maximum atomic E-state index is 12.3. The normalized spacial score (nSPS) is 10.9. The molecule has 0 radical (unpaired) electrons. The molecule has 1 amide bonds. The minimum absolute atomic E-state index is 0.246. The second-order valence-corrected chi connectivity index (χ2v) is 9.13. The van der Waals surface area contributed by atoms with Gasteiger partial charge in [-0.2, -0.15) is 9.61 Å². The molecule has 0 unspecified atom stereocenters. The number of hydrogen-bond acceptors (Lipinski definition) is 6. The molecule has 2 heterocycles. The molecule has 4 aromatic rings. The lowest BCUT2D eigenvalue weighted by molar-refractivity contribution is 0.0977. The van der Waals surface area contributed by atoms with Crippen LogP contribution in [0.25, 0.3) is 15.5 Å². The summed E-state index contributed by atoms with van der Waals surface area (Å²) in [7, 11) is 0. The van der Waals surface area contributed by atoms with Crippen LogP contribution >= 0.6 is 46.1 Å². The van der Waals surface area contributed by atoms with E-state index in [1.54, 1.807) is 16.6 Å². The van der Waals surface area contributed by atoms with Gasteiger partial charge in [-0.1, -0.05) is 18.3 Å². The second kappa shape index (κ2) is 8.74. The molecule has 4 rings (SSSR count). The number of amides is 1. The number of aryl methyl sites for hydroxylation is 2. The van der Waals surface area contributed by atoms with E-state index in [9.17, 15) is 4.79 Å². The third kappa shape index (κ3) is 4.35. The summed E-state index contributed by atoms with van der Waals surface area (Å²) >= 11 is 9.00. The van der Waals surface area contributed by atoms with Gasteiger partial charge in [-0.25, -0.2) is 0 Å². The summed E-state index contributed by atoms with van der Waals surface area (Å²) in [6.45, 7) is 4.01. The first-order chi connectivity index (χ1) is 14.4. The number of rotatable bonds is 4. The van der Waals surface area contributed by atoms with Crippen molar-refractivity contribution in [1.29, 1.82) is 0 Å². The van der Waals surface area contributed by atoms with Crippen molar-refractivity contribution in [3.05, 3.63) is 63.0 Å². The molecule has 0 saturated heterocycles. The second-order valence-electron chi connectivity index (χ2n) is 6.52. The average Bonchev–Trinajstić information content (AvgIpc) is 3.30. The van der Waals surface area contributed by atoms with Crippen molar-refractivity contribution < 1.29 is 4.79 Å². The molecule has 2 aromatic carbocycles. The maximum Gasteiger partial charge on any atom is 0.257 e. The first-order valence-electron chi connectivity index (χ1n) is 9.14. The van der Waals surface area contributed by atoms with E-state index < -0.39 is 0 Å². The number of nitrogens with one attached hydrogen (secondary N) is 2. The standard InChI is InChI=1S/C20H17IN6OS2/c1-3-16-24-25-20-27(16)26-18(30-20)13-6-9-15(11(2)10-13)22-19(29)23-17(28)12-4-7-14(21)8-5-12/h4-10H,3H2,1-2H3,(H2,22,23,28,29). The summed E-state index contributed by atoms with van der Waals surface area (Å²) in [5, 5.41) is 19.9. The highest BCUT2D eigenvalue weighted by Gasteiger charge is 2.13. The summed E-state index contributed by atoms with van der Waals surface area (Å²) < 4.78 is 2.85. The zero-order valence-electron chi connectivity index (χ0n) is 16.1. The van der Waals surface area contributed by atoms with Crippen molar-refractivity contribution >= 4 is 67.8 Å². The molecular weight excluding hydrogens is 531 g/mol. The number of carbonyl (C=O) groups is 1. The molecule has 30 heavy (non-hydrogen) atoms. The van der Waals surface area contributed by atoms with Crippen LogP contribution < -0.4 is 10.6 Å². The number of anilines is 1. The average molecular weight is 548 g/mol. The third-order valence-electron chi connectivity index (χ3n) is 4.43. The Labute approximate surface area is 196 Å². The van der Waals surface area contributed by atoms with Gasteiger partial charge >= 0.3 is 0 Å². The van der Waals surface area contributed by atoms with E-state index in [0.717, 1.165) is 42.6 Å². The Hall–Kier alpha value is -2.44. The third-order valence-corrected chi connectivity index (χ3v) is 6.30. The summed E-state index contributed by atoms with van der Waals surface area (Å²) in [4.78, 5) is 13.1. The van der Waals surface area contributed by atoms with Crippen LogP contribution in [0, 0.1) is 10.5 Å². The summed E-state index contributed by atoms with van der Waals surface area (Å²) in [6.07, 6.45) is 0.775. The van der Waals surface area contributed by atoms with Crippen molar-refractivity contribution in [3.63, 3.8) is 0 Å². The quantitative estimate of drug-likeness (QED) is 0.290. The van der Waals surface area contributed by atoms with E-state index in [2.05, 4.69) is 48.5 Å². The monoisotopic (exact) mass is 548 g/mol. The van der Waals surface area contributed by atoms with Gasteiger partial charge in [0.05, 0.1) is 0 Å². The zero-order chi connectivity index (χ0) is 21.3. The molecule has 0 aliphatic rings. The van der Waals surface area contributed by atoms with E-state index in [1.165, 1.54) is 11.3 Å². The van der Waals surface area contributed by atoms with Crippen LogP contribution in [0.15, 0.2) is 42.5 Å². The van der Waals surface area contributed by atoms with Gasteiger partial charge in [-0.3, -0.25) is 10.1 Å². The minimum atomic E-state index is -0.246. The molecule has 2 aromatic heterocycles. The first-order valence-corrected chi connectivity index (χ1v) is 11.4. The van der Waals surface area contributed by atoms with Crippen molar-refractivity contribution in [1.82, 2.24) is 25.1 Å². The Morgan fingerprint density at radius 3 is 2.67 bits per heavy atom. The Balaban J connectivity index is 1.47. The summed E-state index contributed by atoms with van der Waals surface area (Å²) in [5.74, 6) is 0.598. The molecule has 10 heteroatoms. The van der Waals surface area contributed by atoms with E-state index in [-0.39, 0.29) is 11.0 Å².